The van der Waals surface area contributed by atoms with Crippen LogP contribution in [0.15, 0.2) is 40.8 Å². The molecule has 4 nitrogen and oxygen atoms in total. The zero-order valence-corrected chi connectivity index (χ0v) is 13.4. The Labute approximate surface area is 126 Å². The van der Waals surface area contributed by atoms with Gasteiger partial charge in [-0.2, -0.15) is 0 Å². The molecule has 21 heavy (non-hydrogen) atoms. The van der Waals surface area contributed by atoms with Gasteiger partial charge in [-0.3, -0.25) is 4.79 Å². The maximum absolute atomic E-state index is 11.9. The molecule has 1 fully saturated rings. The molecule has 1 amide bonds. The minimum absolute atomic E-state index is 0.0981. The fraction of sp³-hybridized carbons (Fsp3) is 0.438. The summed E-state index contributed by atoms with van der Waals surface area (Å²) in [6.45, 7) is 3.87. The summed E-state index contributed by atoms with van der Waals surface area (Å²) in [6, 6.07) is 6.45. The molecular weight excluding hydrogens is 286 g/mol. The molecule has 1 saturated carbocycles. The lowest BCUT2D eigenvalue weighted by Crippen LogP contribution is -2.25. The number of carbonyl (C=O) groups is 1. The predicted molar refractivity (Wildman–Crippen MR) is 82.6 cm³/mol. The monoisotopic (exact) mass is 307 g/mol. The first-order valence-electron chi connectivity index (χ1n) is 7.06. The summed E-state index contributed by atoms with van der Waals surface area (Å²) in [5, 5.41) is 2.90. The molecule has 5 heteroatoms. The summed E-state index contributed by atoms with van der Waals surface area (Å²) >= 11 is 0. The number of hydrogen-bond donors (Lipinski definition) is 1. The molecule has 1 unspecified atom stereocenters. The fourth-order valence-electron chi connectivity index (χ4n) is 2.21. The second-order valence-electron chi connectivity index (χ2n) is 5.73. The Morgan fingerprint density at radius 2 is 1.86 bits per heavy atom. The largest absolute Gasteiger partial charge is 0.346 e. The summed E-state index contributed by atoms with van der Waals surface area (Å²) < 4.78 is 22.8. The Hall–Kier alpha value is -1.62. The van der Waals surface area contributed by atoms with Gasteiger partial charge >= 0.3 is 0 Å². The van der Waals surface area contributed by atoms with Gasteiger partial charge in [-0.25, -0.2) is 8.42 Å². The van der Waals surface area contributed by atoms with E-state index in [1.54, 1.807) is 30.3 Å². The number of sulfone groups is 1. The quantitative estimate of drug-likeness (QED) is 0.851. The van der Waals surface area contributed by atoms with Crippen LogP contribution >= 0.6 is 0 Å². The lowest BCUT2D eigenvalue weighted by molar-refractivity contribution is -0.117. The lowest BCUT2D eigenvalue weighted by Gasteiger charge is -2.13. The first-order valence-corrected chi connectivity index (χ1v) is 8.95. The van der Waals surface area contributed by atoms with Crippen LogP contribution in [0.1, 0.15) is 38.3 Å². The van der Waals surface area contributed by atoms with Gasteiger partial charge in [0, 0.05) is 12.3 Å². The third-order valence-electron chi connectivity index (χ3n) is 3.75. The molecule has 0 aromatic heterocycles. The summed E-state index contributed by atoms with van der Waals surface area (Å²) in [5.41, 5.74) is 2.01. The molecule has 1 aromatic rings. The van der Waals surface area contributed by atoms with Crippen LogP contribution in [0.3, 0.4) is 0 Å². The van der Waals surface area contributed by atoms with Crippen LogP contribution in [0.4, 0.5) is 0 Å². The number of amides is 1. The van der Waals surface area contributed by atoms with E-state index in [9.17, 15) is 13.2 Å². The summed E-state index contributed by atoms with van der Waals surface area (Å²) in [4.78, 5) is 12.2. The zero-order chi connectivity index (χ0) is 15.6. The SMILES string of the molecule is CC(=CC(=O)NC(C)c1ccc(S(C)(=O)=O)cc1)C1CC1. The highest BCUT2D eigenvalue weighted by molar-refractivity contribution is 7.90. The van der Waals surface area contributed by atoms with Crippen molar-refractivity contribution in [1.82, 2.24) is 5.32 Å². The maximum Gasteiger partial charge on any atom is 0.244 e. The molecule has 0 spiro atoms. The molecule has 1 aromatic carbocycles. The van der Waals surface area contributed by atoms with E-state index in [-0.39, 0.29) is 16.8 Å². The van der Waals surface area contributed by atoms with Crippen molar-refractivity contribution >= 4 is 15.7 Å². The minimum Gasteiger partial charge on any atom is -0.346 e. The fourth-order valence-corrected chi connectivity index (χ4v) is 2.84. The second-order valence-corrected chi connectivity index (χ2v) is 7.75. The highest BCUT2D eigenvalue weighted by atomic mass is 32.2. The molecule has 0 saturated heterocycles. The number of nitrogens with one attached hydrogen (secondary N) is 1. The summed E-state index contributed by atoms with van der Waals surface area (Å²) in [7, 11) is -3.18. The average Bonchev–Trinajstić information content (AvgIpc) is 3.21. The highest BCUT2D eigenvalue weighted by Gasteiger charge is 2.23. The molecule has 0 bridgehead atoms. The lowest BCUT2D eigenvalue weighted by atomic mass is 10.1. The average molecular weight is 307 g/mol. The van der Waals surface area contributed by atoms with Gasteiger partial charge < -0.3 is 5.32 Å². The van der Waals surface area contributed by atoms with Crippen molar-refractivity contribution in [3.63, 3.8) is 0 Å². The van der Waals surface area contributed by atoms with Crippen molar-refractivity contribution in [3.05, 3.63) is 41.5 Å². The van der Waals surface area contributed by atoms with Crippen LogP contribution in [0.25, 0.3) is 0 Å². The second kappa shape index (κ2) is 6.02. The van der Waals surface area contributed by atoms with Crippen LogP contribution in [0.2, 0.25) is 0 Å². The van der Waals surface area contributed by atoms with Gasteiger partial charge in [0.1, 0.15) is 0 Å². The normalized spacial score (nSPS) is 17.4. The van der Waals surface area contributed by atoms with Gasteiger partial charge in [0.15, 0.2) is 9.84 Å². The molecule has 1 atom stereocenters. The van der Waals surface area contributed by atoms with Crippen LogP contribution < -0.4 is 5.32 Å². The Kier molecular flexibility index (Phi) is 4.52. The van der Waals surface area contributed by atoms with E-state index >= 15 is 0 Å². The third-order valence-corrected chi connectivity index (χ3v) is 4.88. The predicted octanol–water partition coefficient (Wildman–Crippen LogP) is 2.62. The summed E-state index contributed by atoms with van der Waals surface area (Å²) in [5.74, 6) is 0.485. The van der Waals surface area contributed by atoms with Gasteiger partial charge in [-0.1, -0.05) is 17.7 Å². The first-order chi connectivity index (χ1) is 9.77. The molecule has 1 N–H and O–H groups in total. The van der Waals surface area contributed by atoms with Crippen LogP contribution in [0, 0.1) is 5.92 Å². The van der Waals surface area contributed by atoms with E-state index in [2.05, 4.69) is 5.32 Å². The topological polar surface area (TPSA) is 63.2 Å². The number of carbonyl (C=O) groups excluding carboxylic acids is 1. The van der Waals surface area contributed by atoms with Gasteiger partial charge in [0.25, 0.3) is 0 Å². The third kappa shape index (κ3) is 4.43. The van der Waals surface area contributed by atoms with Gasteiger partial charge in [-0.05, 0) is 50.3 Å². The van der Waals surface area contributed by atoms with E-state index in [0.717, 1.165) is 11.1 Å². The van der Waals surface area contributed by atoms with E-state index in [4.69, 9.17) is 0 Å². The van der Waals surface area contributed by atoms with Crippen molar-refractivity contribution in [2.24, 2.45) is 5.92 Å². The summed E-state index contributed by atoms with van der Waals surface area (Å²) in [6.07, 6.45) is 5.20. The Balaban J connectivity index is 2.01. The molecule has 0 aliphatic heterocycles. The maximum atomic E-state index is 11.9. The van der Waals surface area contributed by atoms with Crippen molar-refractivity contribution in [3.8, 4) is 0 Å². The van der Waals surface area contributed by atoms with Crippen molar-refractivity contribution in [2.75, 3.05) is 6.26 Å². The smallest absolute Gasteiger partial charge is 0.244 e. The molecule has 1 aliphatic carbocycles. The minimum atomic E-state index is -3.18. The molecule has 0 heterocycles. The number of hydrogen-bond acceptors (Lipinski definition) is 3. The first kappa shape index (κ1) is 15.8. The number of benzene rings is 1. The van der Waals surface area contributed by atoms with E-state index in [0.29, 0.717) is 5.92 Å². The van der Waals surface area contributed by atoms with Gasteiger partial charge in [-0.15, -0.1) is 0 Å². The molecule has 0 radical (unpaired) electrons. The number of rotatable bonds is 5. The Morgan fingerprint density at radius 1 is 1.29 bits per heavy atom. The zero-order valence-electron chi connectivity index (χ0n) is 12.6. The van der Waals surface area contributed by atoms with Gasteiger partial charge in [0.2, 0.25) is 5.91 Å². The molecule has 2 rings (SSSR count). The molecule has 114 valence electrons. The number of allylic oxidation sites excluding steroid dienone is 1. The Morgan fingerprint density at radius 3 is 2.33 bits per heavy atom. The van der Waals surface area contributed by atoms with Crippen molar-refractivity contribution in [1.29, 1.82) is 0 Å². The standard InChI is InChI=1S/C16H21NO3S/c1-11(13-4-5-13)10-16(18)17-12(2)14-6-8-15(9-7-14)21(3,19)20/h6-10,12-13H,4-5H2,1-3H3,(H,17,18). The van der Waals surface area contributed by atoms with E-state index in [1.807, 2.05) is 13.8 Å². The van der Waals surface area contributed by atoms with E-state index < -0.39 is 9.84 Å². The highest BCUT2D eigenvalue weighted by Crippen LogP contribution is 2.35. The van der Waals surface area contributed by atoms with Gasteiger partial charge in [0.05, 0.1) is 10.9 Å². The van der Waals surface area contributed by atoms with Crippen molar-refractivity contribution in [2.45, 2.75) is 37.6 Å². The van der Waals surface area contributed by atoms with Crippen LogP contribution in [0.5, 0.6) is 0 Å². The Bertz CT molecular complexity index is 655. The molecular formula is C16H21NO3S. The van der Waals surface area contributed by atoms with Crippen molar-refractivity contribution < 1.29 is 13.2 Å². The van der Waals surface area contributed by atoms with Crippen LogP contribution in [-0.2, 0) is 14.6 Å². The van der Waals surface area contributed by atoms with Crippen LogP contribution in [-0.4, -0.2) is 20.6 Å². The molecule has 1 aliphatic rings. The van der Waals surface area contributed by atoms with E-state index in [1.165, 1.54) is 19.1 Å².